The summed E-state index contributed by atoms with van der Waals surface area (Å²) in [7, 11) is -3.69. The third-order valence-electron chi connectivity index (χ3n) is 3.57. The van der Waals surface area contributed by atoms with Crippen LogP contribution >= 0.6 is 0 Å². The van der Waals surface area contributed by atoms with Gasteiger partial charge >= 0.3 is 5.97 Å². The molecule has 0 saturated carbocycles. The van der Waals surface area contributed by atoms with Crippen LogP contribution < -0.4 is 0 Å². The van der Waals surface area contributed by atoms with Gasteiger partial charge < -0.3 is 9.26 Å². The minimum atomic E-state index is -3.69. The molecule has 0 aromatic carbocycles. The molecule has 0 aliphatic carbocycles. The van der Waals surface area contributed by atoms with Gasteiger partial charge in [0.25, 0.3) is 0 Å². The van der Waals surface area contributed by atoms with Crippen molar-refractivity contribution in [2.45, 2.75) is 50.5 Å². The molecule has 1 saturated heterocycles. The van der Waals surface area contributed by atoms with E-state index in [1.165, 1.54) is 10.5 Å². The minimum Gasteiger partial charge on any atom is -0.466 e. The van der Waals surface area contributed by atoms with Gasteiger partial charge in [-0.1, -0.05) is 11.6 Å². The molecule has 1 unspecified atom stereocenters. The van der Waals surface area contributed by atoms with E-state index >= 15 is 0 Å². The SMILES string of the molecule is CCOC(=O)CC1CCCCN1S(=O)(=O)c1cnoc1C. The first-order chi connectivity index (χ1) is 9.96. The number of sulfonamides is 1. The van der Waals surface area contributed by atoms with Crippen LogP contribution in [0.4, 0.5) is 0 Å². The summed E-state index contributed by atoms with van der Waals surface area (Å²) in [6.45, 7) is 3.98. The van der Waals surface area contributed by atoms with Gasteiger partial charge in [-0.25, -0.2) is 8.42 Å². The molecular weight excluding hydrogens is 296 g/mol. The lowest BCUT2D eigenvalue weighted by molar-refractivity contribution is -0.144. The Balaban J connectivity index is 2.22. The molecule has 1 fully saturated rings. The van der Waals surface area contributed by atoms with Crippen molar-refractivity contribution in [2.24, 2.45) is 0 Å². The van der Waals surface area contributed by atoms with Gasteiger partial charge in [0.05, 0.1) is 19.2 Å². The maximum Gasteiger partial charge on any atom is 0.307 e. The van der Waals surface area contributed by atoms with Crippen LogP contribution in [-0.4, -0.2) is 43.0 Å². The number of carbonyl (C=O) groups excluding carboxylic acids is 1. The van der Waals surface area contributed by atoms with Crippen molar-refractivity contribution < 1.29 is 22.5 Å². The third kappa shape index (κ3) is 3.44. The van der Waals surface area contributed by atoms with E-state index in [-0.39, 0.29) is 29.1 Å². The number of hydrogen-bond acceptors (Lipinski definition) is 6. The largest absolute Gasteiger partial charge is 0.466 e. The summed E-state index contributed by atoms with van der Waals surface area (Å²) in [5.74, 6) is -0.109. The van der Waals surface area contributed by atoms with E-state index in [0.717, 1.165) is 12.8 Å². The first kappa shape index (κ1) is 16.0. The number of esters is 1. The van der Waals surface area contributed by atoms with Crippen molar-refractivity contribution in [1.29, 1.82) is 0 Å². The molecule has 118 valence electrons. The highest BCUT2D eigenvalue weighted by Gasteiger charge is 2.36. The van der Waals surface area contributed by atoms with Gasteiger partial charge in [0.2, 0.25) is 10.0 Å². The lowest BCUT2D eigenvalue weighted by Crippen LogP contribution is -2.44. The Morgan fingerprint density at radius 3 is 2.90 bits per heavy atom. The molecule has 1 aliphatic rings. The number of nitrogens with zero attached hydrogens (tertiary/aromatic N) is 2. The maximum absolute atomic E-state index is 12.7. The molecule has 0 amide bonds. The topological polar surface area (TPSA) is 89.7 Å². The summed E-state index contributed by atoms with van der Waals surface area (Å²) in [4.78, 5) is 11.7. The number of carbonyl (C=O) groups is 1. The first-order valence-corrected chi connectivity index (χ1v) is 8.49. The summed E-state index contributed by atoms with van der Waals surface area (Å²) in [6, 6.07) is -0.364. The zero-order valence-corrected chi connectivity index (χ0v) is 13.1. The van der Waals surface area contributed by atoms with Crippen molar-refractivity contribution in [1.82, 2.24) is 9.46 Å². The van der Waals surface area contributed by atoms with E-state index in [2.05, 4.69) is 5.16 Å². The van der Waals surface area contributed by atoms with Crippen LogP contribution in [0.15, 0.2) is 15.6 Å². The monoisotopic (exact) mass is 316 g/mol. The molecule has 1 aromatic rings. The normalized spacial score (nSPS) is 20.4. The molecular formula is C13H20N2O5S. The van der Waals surface area contributed by atoms with Crippen molar-refractivity contribution in [3.8, 4) is 0 Å². The number of ether oxygens (including phenoxy) is 1. The Hall–Kier alpha value is -1.41. The van der Waals surface area contributed by atoms with Gasteiger partial charge in [-0.15, -0.1) is 0 Å². The molecule has 0 bridgehead atoms. The van der Waals surface area contributed by atoms with E-state index < -0.39 is 10.0 Å². The van der Waals surface area contributed by atoms with Crippen molar-refractivity contribution in [2.75, 3.05) is 13.2 Å². The van der Waals surface area contributed by atoms with Crippen LogP contribution in [0, 0.1) is 6.92 Å². The Morgan fingerprint density at radius 2 is 2.29 bits per heavy atom. The Bertz CT molecular complexity index is 595. The van der Waals surface area contributed by atoms with Crippen molar-refractivity contribution in [3.05, 3.63) is 12.0 Å². The minimum absolute atomic E-state index is 0.0678. The van der Waals surface area contributed by atoms with Crippen LogP contribution in [0.3, 0.4) is 0 Å². The number of aryl methyl sites for hydroxylation is 1. The van der Waals surface area contributed by atoms with Gasteiger partial charge in [0, 0.05) is 12.6 Å². The van der Waals surface area contributed by atoms with Crippen LogP contribution in [-0.2, 0) is 19.6 Å². The number of piperidine rings is 1. The van der Waals surface area contributed by atoms with E-state index in [4.69, 9.17) is 9.26 Å². The fourth-order valence-electron chi connectivity index (χ4n) is 2.57. The fourth-order valence-corrected chi connectivity index (χ4v) is 4.34. The fraction of sp³-hybridized carbons (Fsp3) is 0.692. The lowest BCUT2D eigenvalue weighted by Gasteiger charge is -2.33. The first-order valence-electron chi connectivity index (χ1n) is 7.05. The molecule has 0 N–H and O–H groups in total. The van der Waals surface area contributed by atoms with Crippen LogP contribution in [0.25, 0.3) is 0 Å². The standard InChI is InChI=1S/C13H20N2O5S/c1-3-19-13(16)8-11-6-4-5-7-15(11)21(17,18)12-9-14-20-10(12)2/h9,11H,3-8H2,1-2H3. The predicted molar refractivity (Wildman–Crippen MR) is 74.0 cm³/mol. The van der Waals surface area contributed by atoms with Gasteiger partial charge in [-0.05, 0) is 26.7 Å². The zero-order chi connectivity index (χ0) is 15.5. The smallest absolute Gasteiger partial charge is 0.307 e. The average molecular weight is 316 g/mol. The summed E-state index contributed by atoms with van der Waals surface area (Å²) in [5, 5.41) is 3.53. The molecule has 2 heterocycles. The number of hydrogen-bond donors (Lipinski definition) is 0. The summed E-state index contributed by atoms with van der Waals surface area (Å²) in [5.41, 5.74) is 0. The molecule has 0 spiro atoms. The molecule has 8 heteroatoms. The molecule has 1 aromatic heterocycles. The average Bonchev–Trinajstić information content (AvgIpc) is 2.86. The molecule has 1 aliphatic heterocycles. The Labute approximate surface area is 124 Å². The van der Waals surface area contributed by atoms with Gasteiger partial charge in [-0.3, -0.25) is 4.79 Å². The lowest BCUT2D eigenvalue weighted by atomic mass is 10.0. The van der Waals surface area contributed by atoms with Gasteiger partial charge in [0.1, 0.15) is 4.90 Å². The summed E-state index contributed by atoms with van der Waals surface area (Å²) < 4.78 is 36.5. The van der Waals surface area contributed by atoms with Gasteiger partial charge in [-0.2, -0.15) is 4.31 Å². The third-order valence-corrected chi connectivity index (χ3v) is 5.62. The van der Waals surface area contributed by atoms with Gasteiger partial charge in [0.15, 0.2) is 5.76 Å². The highest BCUT2D eigenvalue weighted by molar-refractivity contribution is 7.89. The Morgan fingerprint density at radius 1 is 1.52 bits per heavy atom. The second kappa shape index (κ2) is 6.57. The molecule has 2 rings (SSSR count). The van der Waals surface area contributed by atoms with E-state index in [0.29, 0.717) is 19.6 Å². The molecule has 1 atom stereocenters. The van der Waals surface area contributed by atoms with Crippen LogP contribution in [0.1, 0.15) is 38.4 Å². The predicted octanol–water partition coefficient (Wildman–Crippen LogP) is 1.48. The Kier molecular flexibility index (Phi) is 5.00. The van der Waals surface area contributed by atoms with Crippen LogP contribution in [0.5, 0.6) is 0 Å². The highest BCUT2D eigenvalue weighted by atomic mass is 32.2. The zero-order valence-electron chi connectivity index (χ0n) is 12.2. The van der Waals surface area contributed by atoms with Crippen molar-refractivity contribution >= 4 is 16.0 Å². The maximum atomic E-state index is 12.7. The second-order valence-corrected chi connectivity index (χ2v) is 6.88. The quantitative estimate of drug-likeness (QED) is 0.764. The van der Waals surface area contributed by atoms with E-state index in [9.17, 15) is 13.2 Å². The van der Waals surface area contributed by atoms with E-state index in [1.807, 2.05) is 0 Å². The summed E-state index contributed by atoms with van der Waals surface area (Å²) >= 11 is 0. The van der Waals surface area contributed by atoms with E-state index in [1.54, 1.807) is 13.8 Å². The number of aromatic nitrogens is 1. The molecule has 0 radical (unpaired) electrons. The highest BCUT2D eigenvalue weighted by Crippen LogP contribution is 2.28. The second-order valence-electron chi connectivity index (χ2n) is 5.02. The molecule has 21 heavy (non-hydrogen) atoms. The number of rotatable bonds is 5. The molecule has 7 nitrogen and oxygen atoms in total. The summed E-state index contributed by atoms with van der Waals surface area (Å²) in [6.07, 6.45) is 3.63. The van der Waals surface area contributed by atoms with Crippen molar-refractivity contribution in [3.63, 3.8) is 0 Å². The van der Waals surface area contributed by atoms with Crippen LogP contribution in [0.2, 0.25) is 0 Å².